The van der Waals surface area contributed by atoms with Crippen LogP contribution >= 0.6 is 0 Å². The first-order chi connectivity index (χ1) is 10.5. The fourth-order valence-corrected chi connectivity index (χ4v) is 2.64. The van der Waals surface area contributed by atoms with Crippen LogP contribution in [0.2, 0.25) is 0 Å². The Morgan fingerprint density at radius 3 is 2.82 bits per heavy atom. The van der Waals surface area contributed by atoms with Gasteiger partial charge in [0.05, 0.1) is 5.69 Å². The molecule has 1 amide bonds. The van der Waals surface area contributed by atoms with E-state index in [0.29, 0.717) is 36.2 Å². The first-order valence-corrected chi connectivity index (χ1v) is 6.97. The highest BCUT2D eigenvalue weighted by atomic mass is 19.1. The highest BCUT2D eigenvalue weighted by Gasteiger charge is 2.27. The van der Waals surface area contributed by atoms with Crippen LogP contribution in [0.3, 0.4) is 0 Å². The minimum atomic E-state index is -0.361. The number of fused-ring (bicyclic) bond motifs is 1. The van der Waals surface area contributed by atoms with Crippen LogP contribution in [0.15, 0.2) is 29.1 Å². The summed E-state index contributed by atoms with van der Waals surface area (Å²) in [6, 6.07) is 5.56. The average Bonchev–Trinajstić information content (AvgIpc) is 2.49. The molecule has 3 rings (SSSR count). The monoisotopic (exact) mass is 302 g/mol. The molecule has 1 heterocycles. The summed E-state index contributed by atoms with van der Waals surface area (Å²) in [4.78, 5) is 30.7. The van der Waals surface area contributed by atoms with E-state index in [2.05, 4.69) is 15.3 Å². The Labute approximate surface area is 125 Å². The van der Waals surface area contributed by atoms with Crippen molar-refractivity contribution >= 4 is 17.5 Å². The number of nitrogens with zero attached hydrogens (tertiary/aromatic N) is 1. The number of carbonyl (C=O) groups excluding carboxylic acids is 1. The molecule has 1 aliphatic carbocycles. The molecule has 0 aliphatic heterocycles. The van der Waals surface area contributed by atoms with Crippen LogP contribution in [-0.2, 0) is 17.6 Å². The molecule has 1 unspecified atom stereocenters. The molecule has 6 nitrogen and oxygen atoms in total. The summed E-state index contributed by atoms with van der Waals surface area (Å²) in [6.45, 7) is 0. The number of amides is 1. The van der Waals surface area contributed by atoms with E-state index in [-0.39, 0.29) is 29.1 Å². The number of rotatable bonds is 2. The van der Waals surface area contributed by atoms with E-state index < -0.39 is 0 Å². The van der Waals surface area contributed by atoms with Gasteiger partial charge >= 0.3 is 0 Å². The molecule has 114 valence electrons. The predicted molar refractivity (Wildman–Crippen MR) is 79.8 cm³/mol. The maximum atomic E-state index is 12.9. The first kappa shape index (κ1) is 14.2. The number of nitrogen functional groups attached to an aromatic ring is 1. The number of hydrogen-bond donors (Lipinski definition) is 3. The summed E-state index contributed by atoms with van der Waals surface area (Å²) in [5.74, 6) is -0.768. The average molecular weight is 302 g/mol. The van der Waals surface area contributed by atoms with Gasteiger partial charge in [-0.25, -0.2) is 9.37 Å². The maximum absolute atomic E-state index is 12.9. The fraction of sp³-hybridized carbons (Fsp3) is 0.267. The van der Waals surface area contributed by atoms with Gasteiger partial charge in [0.15, 0.2) is 0 Å². The Balaban J connectivity index is 1.75. The molecule has 1 aromatic heterocycles. The van der Waals surface area contributed by atoms with Crippen LogP contribution in [0.1, 0.15) is 17.7 Å². The minimum Gasteiger partial charge on any atom is -0.369 e. The van der Waals surface area contributed by atoms with Crippen LogP contribution in [0.4, 0.5) is 16.0 Å². The van der Waals surface area contributed by atoms with Gasteiger partial charge in [0.1, 0.15) is 5.82 Å². The number of nitrogens with two attached hydrogens (primary N) is 1. The van der Waals surface area contributed by atoms with Crippen molar-refractivity contribution in [2.75, 3.05) is 11.1 Å². The zero-order chi connectivity index (χ0) is 15.7. The Morgan fingerprint density at radius 1 is 1.36 bits per heavy atom. The number of anilines is 2. The molecule has 1 aliphatic rings. The summed E-state index contributed by atoms with van der Waals surface area (Å²) < 4.78 is 12.9. The predicted octanol–water partition coefficient (Wildman–Crippen LogP) is 1.23. The molecule has 1 atom stereocenters. The molecular formula is C15H15FN4O2. The normalized spacial score (nSPS) is 16.9. The van der Waals surface area contributed by atoms with Gasteiger partial charge in [-0.05, 0) is 43.5 Å². The number of aromatic amines is 1. The molecule has 0 fully saturated rings. The number of halogens is 1. The fourth-order valence-electron chi connectivity index (χ4n) is 2.64. The largest absolute Gasteiger partial charge is 0.369 e. The lowest BCUT2D eigenvalue weighted by atomic mass is 9.86. The number of aryl methyl sites for hydroxylation is 1. The lowest BCUT2D eigenvalue weighted by Crippen LogP contribution is -2.32. The highest BCUT2D eigenvalue weighted by molar-refractivity contribution is 5.92. The SMILES string of the molecule is Nc1nc2c(c(=O)[nH]1)CC(C(=O)Nc1ccc(F)cc1)CC2. The van der Waals surface area contributed by atoms with E-state index >= 15 is 0 Å². The molecule has 4 N–H and O–H groups in total. The third-order valence-corrected chi connectivity index (χ3v) is 3.78. The number of hydrogen-bond acceptors (Lipinski definition) is 4. The second-order valence-corrected chi connectivity index (χ2v) is 5.31. The van der Waals surface area contributed by atoms with Gasteiger partial charge in [-0.2, -0.15) is 0 Å². The third-order valence-electron chi connectivity index (χ3n) is 3.78. The molecule has 7 heteroatoms. The number of H-pyrrole nitrogens is 1. The van der Waals surface area contributed by atoms with Gasteiger partial charge in [0.25, 0.3) is 5.56 Å². The Bertz CT molecular complexity index is 770. The zero-order valence-corrected chi connectivity index (χ0v) is 11.7. The van der Waals surface area contributed by atoms with Gasteiger partial charge in [-0.15, -0.1) is 0 Å². The standard InChI is InChI=1S/C15H15FN4O2/c16-9-2-4-10(5-3-9)18-13(21)8-1-6-12-11(7-8)14(22)20-15(17)19-12/h2-5,8H,1,6-7H2,(H,18,21)(H3,17,19,20,22). The van der Waals surface area contributed by atoms with E-state index in [1.54, 1.807) is 0 Å². The maximum Gasteiger partial charge on any atom is 0.255 e. The van der Waals surface area contributed by atoms with E-state index in [9.17, 15) is 14.0 Å². The number of carbonyl (C=O) groups is 1. The van der Waals surface area contributed by atoms with Gasteiger partial charge in [-0.1, -0.05) is 0 Å². The molecule has 0 spiro atoms. The summed E-state index contributed by atoms with van der Waals surface area (Å²) in [5.41, 5.74) is 6.93. The quantitative estimate of drug-likeness (QED) is 0.776. The van der Waals surface area contributed by atoms with Gasteiger partial charge in [0.2, 0.25) is 11.9 Å². The zero-order valence-electron chi connectivity index (χ0n) is 11.7. The van der Waals surface area contributed by atoms with Crippen LogP contribution in [-0.4, -0.2) is 15.9 Å². The van der Waals surface area contributed by atoms with Gasteiger partial charge < -0.3 is 11.1 Å². The summed E-state index contributed by atoms with van der Waals surface area (Å²) in [7, 11) is 0. The number of benzene rings is 1. The third kappa shape index (κ3) is 2.83. The highest BCUT2D eigenvalue weighted by Crippen LogP contribution is 2.23. The van der Waals surface area contributed by atoms with Gasteiger partial charge in [0, 0.05) is 17.2 Å². The molecular weight excluding hydrogens is 287 g/mol. The van der Waals surface area contributed by atoms with Crippen molar-refractivity contribution in [3.63, 3.8) is 0 Å². The molecule has 0 bridgehead atoms. The lowest BCUT2D eigenvalue weighted by Gasteiger charge is -2.22. The summed E-state index contributed by atoms with van der Waals surface area (Å²) in [6.07, 6.45) is 1.45. The van der Waals surface area contributed by atoms with Crippen molar-refractivity contribution in [3.8, 4) is 0 Å². The van der Waals surface area contributed by atoms with Crippen molar-refractivity contribution in [3.05, 3.63) is 51.7 Å². The van der Waals surface area contributed by atoms with Crippen LogP contribution < -0.4 is 16.6 Å². The summed E-state index contributed by atoms with van der Waals surface area (Å²) >= 11 is 0. The van der Waals surface area contributed by atoms with Crippen molar-refractivity contribution in [1.29, 1.82) is 0 Å². The van der Waals surface area contributed by atoms with Crippen LogP contribution in [0.5, 0.6) is 0 Å². The summed E-state index contributed by atoms with van der Waals surface area (Å²) in [5, 5.41) is 2.74. The Morgan fingerprint density at radius 2 is 2.09 bits per heavy atom. The number of aromatic nitrogens is 2. The minimum absolute atomic E-state index is 0.0953. The van der Waals surface area contributed by atoms with E-state index in [0.717, 1.165) is 0 Å². The Hall–Kier alpha value is -2.70. The van der Waals surface area contributed by atoms with E-state index in [4.69, 9.17) is 5.73 Å². The van der Waals surface area contributed by atoms with E-state index in [1.165, 1.54) is 24.3 Å². The number of nitrogens with one attached hydrogen (secondary N) is 2. The van der Waals surface area contributed by atoms with Gasteiger partial charge in [-0.3, -0.25) is 14.6 Å². The van der Waals surface area contributed by atoms with Crippen molar-refractivity contribution in [2.24, 2.45) is 5.92 Å². The smallest absolute Gasteiger partial charge is 0.255 e. The Kier molecular flexibility index (Phi) is 3.62. The molecule has 0 radical (unpaired) electrons. The molecule has 2 aromatic rings. The molecule has 22 heavy (non-hydrogen) atoms. The second kappa shape index (κ2) is 5.59. The van der Waals surface area contributed by atoms with Crippen molar-refractivity contribution in [2.45, 2.75) is 19.3 Å². The lowest BCUT2D eigenvalue weighted by molar-refractivity contribution is -0.120. The molecule has 1 aromatic carbocycles. The van der Waals surface area contributed by atoms with E-state index in [1.807, 2.05) is 0 Å². The van der Waals surface area contributed by atoms with Crippen LogP contribution in [0, 0.1) is 11.7 Å². The first-order valence-electron chi connectivity index (χ1n) is 6.97. The van der Waals surface area contributed by atoms with Crippen molar-refractivity contribution < 1.29 is 9.18 Å². The molecule has 0 saturated heterocycles. The van der Waals surface area contributed by atoms with Crippen molar-refractivity contribution in [1.82, 2.24) is 9.97 Å². The molecule has 0 saturated carbocycles. The second-order valence-electron chi connectivity index (χ2n) is 5.31. The van der Waals surface area contributed by atoms with Crippen LogP contribution in [0.25, 0.3) is 0 Å². The topological polar surface area (TPSA) is 101 Å².